The van der Waals surface area contributed by atoms with Gasteiger partial charge in [-0.1, -0.05) is 6.07 Å². The average molecular weight is 526 g/mol. The number of aryl methyl sites for hydroxylation is 1. The van der Waals surface area contributed by atoms with Crippen LogP contribution in [0.4, 0.5) is 30.7 Å². The van der Waals surface area contributed by atoms with Gasteiger partial charge in [-0.25, -0.2) is 14.7 Å². The zero-order chi connectivity index (χ0) is 25.9. The fourth-order valence-electron chi connectivity index (χ4n) is 3.55. The van der Waals surface area contributed by atoms with Gasteiger partial charge in [0.1, 0.15) is 18.4 Å². The van der Waals surface area contributed by atoms with E-state index < -0.39 is 27.9 Å². The van der Waals surface area contributed by atoms with Gasteiger partial charge >= 0.3 is 16.4 Å². The van der Waals surface area contributed by atoms with E-state index in [0.29, 0.717) is 30.9 Å². The maximum absolute atomic E-state index is 13.0. The van der Waals surface area contributed by atoms with Crippen LogP contribution in [-0.4, -0.2) is 59.8 Å². The highest BCUT2D eigenvalue weighted by molar-refractivity contribution is 7.87. The first-order valence-electron chi connectivity index (χ1n) is 10.8. The molecule has 2 N–H and O–H groups in total. The highest BCUT2D eigenvalue weighted by Crippen LogP contribution is 2.33. The van der Waals surface area contributed by atoms with E-state index in [4.69, 9.17) is 4.42 Å². The number of carbonyl (C=O) groups is 1. The van der Waals surface area contributed by atoms with Crippen LogP contribution in [0.2, 0.25) is 0 Å². The minimum atomic E-state index is -4.54. The molecular weight excluding hydrogens is 503 g/mol. The number of hydrogen-bond donors (Lipinski definition) is 2. The quantitative estimate of drug-likeness (QED) is 0.498. The van der Waals surface area contributed by atoms with Gasteiger partial charge in [0, 0.05) is 38.1 Å². The number of benzene rings is 1. The summed E-state index contributed by atoms with van der Waals surface area (Å²) in [5.41, 5.74) is -0.680. The van der Waals surface area contributed by atoms with Crippen LogP contribution in [0.3, 0.4) is 0 Å². The smallest absolute Gasteiger partial charge is 0.416 e. The Morgan fingerprint density at radius 3 is 2.67 bits per heavy atom. The Morgan fingerprint density at radius 2 is 1.94 bits per heavy atom. The molecule has 3 heterocycles. The molecule has 4 rings (SSSR count). The number of halogens is 3. The van der Waals surface area contributed by atoms with Crippen molar-refractivity contribution in [3.05, 3.63) is 59.9 Å². The van der Waals surface area contributed by atoms with E-state index >= 15 is 0 Å². The normalized spacial score (nSPS) is 15.4. The lowest BCUT2D eigenvalue weighted by molar-refractivity contribution is -0.137. The summed E-state index contributed by atoms with van der Waals surface area (Å²) in [5, 5.41) is 2.58. The largest absolute Gasteiger partial charge is 0.431 e. The summed E-state index contributed by atoms with van der Waals surface area (Å²) in [4.78, 5) is 26.4. The third-order valence-corrected chi connectivity index (χ3v) is 6.94. The summed E-state index contributed by atoms with van der Waals surface area (Å²) < 4.78 is 72.9. The van der Waals surface area contributed by atoms with Gasteiger partial charge in [-0.3, -0.25) is 4.79 Å². The Hall–Kier alpha value is -3.72. The van der Waals surface area contributed by atoms with E-state index in [-0.39, 0.29) is 30.5 Å². The third-order valence-electron chi connectivity index (χ3n) is 5.45. The van der Waals surface area contributed by atoms with Gasteiger partial charge in [-0.15, -0.1) is 0 Å². The highest BCUT2D eigenvalue weighted by Gasteiger charge is 2.31. The Morgan fingerprint density at radius 1 is 1.14 bits per heavy atom. The Kier molecular flexibility index (Phi) is 7.12. The molecule has 1 fully saturated rings. The molecular formula is C21H22F3N7O4S. The van der Waals surface area contributed by atoms with Gasteiger partial charge in [0.25, 0.3) is 11.9 Å². The molecule has 0 aliphatic carbocycles. The summed E-state index contributed by atoms with van der Waals surface area (Å²) in [7, 11) is -4.19. The molecule has 1 aliphatic heterocycles. The molecule has 0 unspecified atom stereocenters. The van der Waals surface area contributed by atoms with Crippen molar-refractivity contribution < 1.29 is 30.8 Å². The van der Waals surface area contributed by atoms with Gasteiger partial charge in [-0.2, -0.15) is 30.9 Å². The predicted molar refractivity (Wildman–Crippen MR) is 123 cm³/mol. The van der Waals surface area contributed by atoms with Gasteiger partial charge in [0.2, 0.25) is 0 Å². The third kappa shape index (κ3) is 5.91. The summed E-state index contributed by atoms with van der Waals surface area (Å²) in [6.07, 6.45) is -0.121. The predicted octanol–water partition coefficient (Wildman–Crippen LogP) is 2.72. The van der Waals surface area contributed by atoms with Crippen molar-refractivity contribution in [2.75, 3.05) is 36.4 Å². The molecule has 192 valence electrons. The van der Waals surface area contributed by atoms with Crippen molar-refractivity contribution in [2.45, 2.75) is 19.5 Å². The van der Waals surface area contributed by atoms with E-state index in [1.165, 1.54) is 12.4 Å². The first kappa shape index (κ1) is 25.4. The zero-order valence-corrected chi connectivity index (χ0v) is 19.8. The van der Waals surface area contributed by atoms with Crippen molar-refractivity contribution in [3.63, 3.8) is 0 Å². The standard InChI is InChI=1S/C21H22F3N7O4S/c1-14-3-4-15(21(22,23)24)11-16(14)27-20-28-17(12-35-20)19(32)29-36(33,34)31-8-2-7-30(9-10-31)18-5-6-25-13-26-18/h3-6,11-13H,2,7-10H2,1H3,(H,27,28)(H,29,32). The van der Waals surface area contributed by atoms with Crippen LogP contribution in [0.1, 0.15) is 28.0 Å². The molecule has 15 heteroatoms. The molecule has 36 heavy (non-hydrogen) atoms. The molecule has 0 radical (unpaired) electrons. The molecule has 1 saturated heterocycles. The van der Waals surface area contributed by atoms with Crippen molar-refractivity contribution in [1.29, 1.82) is 0 Å². The number of rotatable bonds is 6. The lowest BCUT2D eigenvalue weighted by atomic mass is 10.1. The van der Waals surface area contributed by atoms with E-state index in [9.17, 15) is 26.4 Å². The second kappa shape index (κ2) is 10.1. The molecule has 3 aromatic rings. The number of amides is 1. The molecule has 0 saturated carbocycles. The molecule has 1 amide bonds. The molecule has 2 aromatic heterocycles. The number of alkyl halides is 3. The van der Waals surface area contributed by atoms with E-state index in [1.54, 1.807) is 19.2 Å². The van der Waals surface area contributed by atoms with Crippen molar-refractivity contribution in [2.24, 2.45) is 0 Å². The monoisotopic (exact) mass is 525 g/mol. The zero-order valence-electron chi connectivity index (χ0n) is 19.0. The minimum absolute atomic E-state index is 0.0732. The minimum Gasteiger partial charge on any atom is -0.431 e. The average Bonchev–Trinajstić information content (AvgIpc) is 3.14. The number of nitrogens with zero attached hydrogens (tertiary/aromatic N) is 5. The summed E-state index contributed by atoms with van der Waals surface area (Å²) in [6.45, 7) is 2.82. The van der Waals surface area contributed by atoms with Gasteiger partial charge in [0.15, 0.2) is 5.69 Å². The topological polar surface area (TPSA) is 134 Å². The Labute approximate surface area is 204 Å². The number of aromatic nitrogens is 3. The van der Waals surface area contributed by atoms with Crippen LogP contribution in [0.25, 0.3) is 0 Å². The van der Waals surface area contributed by atoms with Crippen LogP contribution < -0.4 is 14.9 Å². The fourth-order valence-corrected chi connectivity index (χ4v) is 4.71. The van der Waals surface area contributed by atoms with Crippen LogP contribution in [0.15, 0.2) is 47.5 Å². The van der Waals surface area contributed by atoms with E-state index in [1.807, 2.05) is 9.62 Å². The fraction of sp³-hybridized carbons (Fsp3) is 0.333. The van der Waals surface area contributed by atoms with Crippen LogP contribution in [0.5, 0.6) is 0 Å². The molecule has 0 bridgehead atoms. The summed E-state index contributed by atoms with van der Waals surface area (Å²) in [5.74, 6) is -0.364. The molecule has 1 aliphatic rings. The van der Waals surface area contributed by atoms with Gasteiger partial charge in [-0.05, 0) is 37.1 Å². The van der Waals surface area contributed by atoms with Gasteiger partial charge in [0.05, 0.1) is 5.56 Å². The maximum Gasteiger partial charge on any atom is 0.416 e. The second-order valence-electron chi connectivity index (χ2n) is 7.93. The van der Waals surface area contributed by atoms with Crippen LogP contribution >= 0.6 is 0 Å². The van der Waals surface area contributed by atoms with E-state index in [2.05, 4.69) is 20.3 Å². The number of oxazole rings is 1. The molecule has 0 atom stereocenters. The summed E-state index contributed by atoms with van der Waals surface area (Å²) >= 11 is 0. The lowest BCUT2D eigenvalue weighted by Gasteiger charge is -2.22. The summed E-state index contributed by atoms with van der Waals surface area (Å²) in [6, 6.07) is 4.56. The van der Waals surface area contributed by atoms with Crippen LogP contribution in [-0.2, 0) is 16.4 Å². The Bertz CT molecular complexity index is 1330. The first-order chi connectivity index (χ1) is 17.0. The number of nitrogens with one attached hydrogen (secondary N) is 2. The van der Waals surface area contributed by atoms with Crippen molar-refractivity contribution in [1.82, 2.24) is 24.0 Å². The second-order valence-corrected chi connectivity index (χ2v) is 9.60. The van der Waals surface area contributed by atoms with Crippen molar-refractivity contribution >= 4 is 33.6 Å². The van der Waals surface area contributed by atoms with Gasteiger partial charge < -0.3 is 14.6 Å². The maximum atomic E-state index is 13.0. The number of anilines is 3. The molecule has 0 spiro atoms. The van der Waals surface area contributed by atoms with Crippen molar-refractivity contribution in [3.8, 4) is 0 Å². The number of carbonyl (C=O) groups excluding carboxylic acids is 1. The highest BCUT2D eigenvalue weighted by atomic mass is 32.2. The molecule has 1 aromatic carbocycles. The Balaban J connectivity index is 1.40. The SMILES string of the molecule is Cc1ccc(C(F)(F)F)cc1Nc1nc(C(=O)NS(=O)(=O)N2CCCN(c3ccncn3)CC2)co1. The lowest BCUT2D eigenvalue weighted by Crippen LogP contribution is -2.45. The molecule has 11 nitrogen and oxygen atoms in total. The van der Waals surface area contributed by atoms with E-state index in [0.717, 1.165) is 22.7 Å². The number of hydrogen-bond acceptors (Lipinski definition) is 9. The first-order valence-corrected chi connectivity index (χ1v) is 12.2. The van der Waals surface area contributed by atoms with Crippen LogP contribution in [0, 0.1) is 6.92 Å².